The van der Waals surface area contributed by atoms with E-state index in [0.29, 0.717) is 0 Å². The van der Waals surface area contributed by atoms with Crippen molar-refractivity contribution in [2.75, 3.05) is 4.43 Å². The molecular formula is C23H23IN2. The topological polar surface area (TPSA) is 25.2 Å². The fourth-order valence-electron chi connectivity index (χ4n) is 2.97. The van der Waals surface area contributed by atoms with Crippen molar-refractivity contribution in [3.63, 3.8) is 0 Å². The van der Waals surface area contributed by atoms with E-state index >= 15 is 0 Å². The molecule has 0 aliphatic heterocycles. The van der Waals surface area contributed by atoms with Gasteiger partial charge in [-0.2, -0.15) is 0 Å². The zero-order valence-electron chi connectivity index (χ0n) is 14.8. The summed E-state index contributed by atoms with van der Waals surface area (Å²) in [5, 5.41) is 0. The Bertz CT molecular complexity index is 760. The summed E-state index contributed by atoms with van der Waals surface area (Å²) in [5.41, 5.74) is 4.54. The van der Waals surface area contributed by atoms with Crippen molar-refractivity contribution in [3.05, 3.63) is 102 Å². The quantitative estimate of drug-likeness (QED) is 0.171. The Kier molecular flexibility index (Phi) is 7.37. The third-order valence-electron chi connectivity index (χ3n) is 4.31. The van der Waals surface area contributed by atoms with Crippen LogP contribution in [0.4, 0.5) is 0 Å². The van der Waals surface area contributed by atoms with Crippen LogP contribution in [-0.4, -0.2) is 15.1 Å². The molecule has 0 aliphatic carbocycles. The Hall–Kier alpha value is -2.01. The molecule has 0 spiro atoms. The number of nitrogens with zero attached hydrogens (tertiary/aromatic N) is 2. The fourth-order valence-corrected chi connectivity index (χ4v) is 3.51. The van der Waals surface area contributed by atoms with Crippen LogP contribution in [0.3, 0.4) is 0 Å². The van der Waals surface area contributed by atoms with Crippen molar-refractivity contribution in [2.45, 2.75) is 25.3 Å². The highest BCUT2D eigenvalue weighted by Gasteiger charge is 2.14. The molecule has 2 aromatic carbocycles. The minimum absolute atomic E-state index is 0.127. The number of benzene rings is 2. The Morgan fingerprint density at radius 1 is 0.846 bits per heavy atom. The molecular weight excluding hydrogens is 431 g/mol. The molecule has 0 saturated carbocycles. The first-order valence-electron chi connectivity index (χ1n) is 9.03. The second kappa shape index (κ2) is 10.2. The molecule has 0 amide bonds. The van der Waals surface area contributed by atoms with E-state index in [1.54, 1.807) is 0 Å². The number of unbranched alkanes of at least 4 members (excludes halogenated alkanes) is 1. The molecule has 1 aromatic heterocycles. The first kappa shape index (κ1) is 18.8. The van der Waals surface area contributed by atoms with Crippen molar-refractivity contribution < 1.29 is 0 Å². The summed E-state index contributed by atoms with van der Waals surface area (Å²) in [6, 6.07) is 25.2. The van der Waals surface area contributed by atoms with Gasteiger partial charge >= 0.3 is 0 Å². The van der Waals surface area contributed by atoms with Crippen LogP contribution in [0.25, 0.3) is 0 Å². The third kappa shape index (κ3) is 5.24. The van der Waals surface area contributed by atoms with Gasteiger partial charge in [0.25, 0.3) is 0 Å². The lowest BCUT2D eigenvalue weighted by atomic mass is 9.99. The lowest BCUT2D eigenvalue weighted by Crippen LogP contribution is -2.07. The maximum absolute atomic E-state index is 5.23. The second-order valence-corrected chi connectivity index (χ2v) is 7.28. The first-order chi connectivity index (χ1) is 12.9. The molecule has 3 rings (SSSR count). The van der Waals surface area contributed by atoms with Gasteiger partial charge in [-0.25, -0.2) is 0 Å². The van der Waals surface area contributed by atoms with Crippen LogP contribution >= 0.6 is 22.6 Å². The molecule has 3 heteroatoms. The monoisotopic (exact) mass is 454 g/mol. The van der Waals surface area contributed by atoms with Crippen molar-refractivity contribution in [3.8, 4) is 0 Å². The zero-order valence-corrected chi connectivity index (χ0v) is 16.9. The molecule has 0 fully saturated rings. The van der Waals surface area contributed by atoms with Gasteiger partial charge in [0.2, 0.25) is 0 Å². The number of hydrogen-bond acceptors (Lipinski definition) is 2. The molecule has 0 aliphatic rings. The molecule has 1 heterocycles. The molecule has 1 atom stereocenters. The van der Waals surface area contributed by atoms with Crippen LogP contribution < -0.4 is 0 Å². The molecule has 1 unspecified atom stereocenters. The summed E-state index contributed by atoms with van der Waals surface area (Å²) in [5.74, 6) is 0. The van der Waals surface area contributed by atoms with E-state index in [9.17, 15) is 0 Å². The van der Waals surface area contributed by atoms with E-state index in [2.05, 4.69) is 82.2 Å². The average molecular weight is 454 g/mol. The summed E-state index contributed by atoms with van der Waals surface area (Å²) in [6.45, 7) is 0. The van der Waals surface area contributed by atoms with Gasteiger partial charge in [0.05, 0.1) is 11.8 Å². The summed E-state index contributed by atoms with van der Waals surface area (Å²) >= 11 is 2.44. The number of aromatic nitrogens is 1. The van der Waals surface area contributed by atoms with Crippen LogP contribution in [0.2, 0.25) is 0 Å². The van der Waals surface area contributed by atoms with Crippen molar-refractivity contribution in [2.24, 2.45) is 4.99 Å². The lowest BCUT2D eigenvalue weighted by molar-refractivity contribution is 0.608. The maximum Gasteiger partial charge on any atom is 0.0771 e. The average Bonchev–Trinajstić information content (AvgIpc) is 2.72. The van der Waals surface area contributed by atoms with Gasteiger partial charge < -0.3 is 0 Å². The largest absolute Gasteiger partial charge is 0.276 e. The molecule has 0 saturated heterocycles. The molecule has 2 nitrogen and oxygen atoms in total. The van der Waals surface area contributed by atoms with Crippen LogP contribution in [0, 0.1) is 0 Å². The van der Waals surface area contributed by atoms with E-state index < -0.39 is 0 Å². The lowest BCUT2D eigenvalue weighted by Gasteiger charge is -2.16. The van der Waals surface area contributed by atoms with Gasteiger partial charge in [-0.1, -0.05) is 95.7 Å². The number of hydrogen-bond donors (Lipinski definition) is 0. The molecule has 0 N–H and O–H groups in total. The highest BCUT2D eigenvalue weighted by molar-refractivity contribution is 14.1. The van der Waals surface area contributed by atoms with E-state index in [4.69, 9.17) is 4.99 Å². The number of halogens is 1. The normalized spacial score (nSPS) is 11.7. The van der Waals surface area contributed by atoms with Gasteiger partial charge in [-0.15, -0.1) is 0 Å². The smallest absolute Gasteiger partial charge is 0.0771 e. The number of rotatable bonds is 8. The van der Waals surface area contributed by atoms with Crippen molar-refractivity contribution >= 4 is 28.3 Å². The predicted molar refractivity (Wildman–Crippen MR) is 118 cm³/mol. The summed E-state index contributed by atoms with van der Waals surface area (Å²) in [6.07, 6.45) is 7.20. The molecule has 0 bridgehead atoms. The van der Waals surface area contributed by atoms with Gasteiger partial charge in [-0.3, -0.25) is 9.98 Å². The van der Waals surface area contributed by atoms with Crippen LogP contribution in [0.5, 0.6) is 0 Å². The first-order valence-corrected chi connectivity index (χ1v) is 10.6. The van der Waals surface area contributed by atoms with E-state index in [-0.39, 0.29) is 6.04 Å². The highest BCUT2D eigenvalue weighted by Crippen LogP contribution is 2.26. The van der Waals surface area contributed by atoms with Gasteiger partial charge in [-0.05, 0) is 28.9 Å². The summed E-state index contributed by atoms with van der Waals surface area (Å²) in [4.78, 5) is 9.55. The molecule has 3 aromatic rings. The van der Waals surface area contributed by atoms with Crippen LogP contribution in [0.15, 0.2) is 90.2 Å². The SMILES string of the molecule is ICCCCC(N=C(c1ccccc1)c1ccccc1)c1cccnc1. The van der Waals surface area contributed by atoms with Gasteiger partial charge in [0, 0.05) is 23.5 Å². The Labute approximate surface area is 169 Å². The maximum atomic E-state index is 5.23. The Morgan fingerprint density at radius 2 is 1.50 bits per heavy atom. The Morgan fingerprint density at radius 3 is 2.04 bits per heavy atom. The third-order valence-corrected chi connectivity index (χ3v) is 5.07. The number of aliphatic imine (C=N–C) groups is 1. The molecule has 132 valence electrons. The van der Waals surface area contributed by atoms with Crippen LogP contribution in [0.1, 0.15) is 42.0 Å². The van der Waals surface area contributed by atoms with E-state index in [1.807, 2.05) is 30.6 Å². The van der Waals surface area contributed by atoms with Crippen molar-refractivity contribution in [1.82, 2.24) is 4.98 Å². The minimum Gasteiger partial charge on any atom is -0.276 e. The standard InChI is InChI=1S/C23H23IN2/c24-16-8-7-15-22(21-14-9-17-25-18-21)26-23(19-10-3-1-4-11-19)20-12-5-2-6-13-20/h1-6,9-14,17-18,22H,7-8,15-16H2. The summed E-state index contributed by atoms with van der Waals surface area (Å²) < 4.78 is 1.19. The van der Waals surface area contributed by atoms with E-state index in [1.165, 1.54) is 22.8 Å². The fraction of sp³-hybridized carbons (Fsp3) is 0.217. The van der Waals surface area contributed by atoms with Crippen LogP contribution in [-0.2, 0) is 0 Å². The van der Waals surface area contributed by atoms with Crippen molar-refractivity contribution in [1.29, 1.82) is 0 Å². The zero-order chi connectivity index (χ0) is 18.0. The summed E-state index contributed by atoms with van der Waals surface area (Å²) in [7, 11) is 0. The number of alkyl halides is 1. The Balaban J connectivity index is 2.02. The highest BCUT2D eigenvalue weighted by atomic mass is 127. The number of pyridine rings is 1. The predicted octanol–water partition coefficient (Wildman–Crippen LogP) is 6.27. The molecule has 0 radical (unpaired) electrons. The van der Waals surface area contributed by atoms with E-state index in [0.717, 1.165) is 23.3 Å². The molecule has 26 heavy (non-hydrogen) atoms. The van der Waals surface area contributed by atoms with Gasteiger partial charge in [0.15, 0.2) is 0 Å². The van der Waals surface area contributed by atoms with Gasteiger partial charge in [0.1, 0.15) is 0 Å². The second-order valence-electron chi connectivity index (χ2n) is 6.20. The minimum atomic E-state index is 0.127.